The molecule has 7 heteroatoms. The van der Waals surface area contributed by atoms with Crippen molar-refractivity contribution in [2.45, 2.75) is 29.3 Å². The number of carbonyl (C=O) groups is 1. The van der Waals surface area contributed by atoms with Crippen molar-refractivity contribution >= 4 is 23.5 Å². The standard InChI is InChI=1S/C22H23N5OS/c28-21(26-15-18-8-4-5-11-23-18)17-7-6-14-27(16-17)20-22(25-13-12-24-20)29-19-9-2-1-3-10-19/h1-5,8-13,17H,6-7,14-16H2,(H,26,28)/t17-/m0/s1. The van der Waals surface area contributed by atoms with Crippen molar-refractivity contribution in [1.29, 1.82) is 0 Å². The van der Waals surface area contributed by atoms with Gasteiger partial charge in [-0.2, -0.15) is 0 Å². The van der Waals surface area contributed by atoms with Gasteiger partial charge >= 0.3 is 0 Å². The summed E-state index contributed by atoms with van der Waals surface area (Å²) in [6.45, 7) is 1.98. The molecule has 0 aliphatic carbocycles. The smallest absolute Gasteiger partial charge is 0.225 e. The largest absolute Gasteiger partial charge is 0.354 e. The molecule has 3 aromatic rings. The molecule has 1 atom stereocenters. The van der Waals surface area contributed by atoms with Crippen LogP contribution in [0.4, 0.5) is 5.82 Å². The van der Waals surface area contributed by atoms with E-state index in [-0.39, 0.29) is 11.8 Å². The van der Waals surface area contributed by atoms with E-state index in [0.717, 1.165) is 40.8 Å². The molecule has 29 heavy (non-hydrogen) atoms. The summed E-state index contributed by atoms with van der Waals surface area (Å²) < 4.78 is 0. The van der Waals surface area contributed by atoms with Crippen LogP contribution in [-0.4, -0.2) is 33.9 Å². The van der Waals surface area contributed by atoms with E-state index in [1.165, 1.54) is 0 Å². The van der Waals surface area contributed by atoms with Gasteiger partial charge in [0.2, 0.25) is 5.91 Å². The average molecular weight is 406 g/mol. The first-order valence-electron chi connectivity index (χ1n) is 9.76. The van der Waals surface area contributed by atoms with Crippen LogP contribution in [0.1, 0.15) is 18.5 Å². The van der Waals surface area contributed by atoms with Crippen LogP contribution in [0, 0.1) is 5.92 Å². The number of benzene rings is 1. The Morgan fingerprint density at radius 1 is 1.03 bits per heavy atom. The second-order valence-electron chi connectivity index (χ2n) is 6.92. The lowest BCUT2D eigenvalue weighted by Gasteiger charge is -2.33. The minimum Gasteiger partial charge on any atom is -0.354 e. The van der Waals surface area contributed by atoms with Gasteiger partial charge in [0.15, 0.2) is 5.82 Å². The number of piperidine rings is 1. The molecule has 2 aromatic heterocycles. The predicted molar refractivity (Wildman–Crippen MR) is 114 cm³/mol. The van der Waals surface area contributed by atoms with E-state index in [0.29, 0.717) is 13.1 Å². The van der Waals surface area contributed by atoms with Gasteiger partial charge in [0.05, 0.1) is 18.2 Å². The summed E-state index contributed by atoms with van der Waals surface area (Å²) in [5.41, 5.74) is 0.865. The predicted octanol–water partition coefficient (Wildman–Crippen LogP) is 3.56. The quantitative estimate of drug-likeness (QED) is 0.676. The number of amides is 1. The number of pyridine rings is 1. The number of nitrogens with one attached hydrogen (secondary N) is 1. The van der Waals surface area contributed by atoms with Gasteiger partial charge in [-0.25, -0.2) is 9.97 Å². The van der Waals surface area contributed by atoms with Gasteiger partial charge in [-0.1, -0.05) is 36.0 Å². The van der Waals surface area contributed by atoms with Crippen molar-refractivity contribution < 1.29 is 4.79 Å². The highest BCUT2D eigenvalue weighted by molar-refractivity contribution is 7.99. The summed E-state index contributed by atoms with van der Waals surface area (Å²) in [6.07, 6.45) is 7.01. The zero-order valence-electron chi connectivity index (χ0n) is 16.1. The lowest BCUT2D eigenvalue weighted by atomic mass is 9.97. The van der Waals surface area contributed by atoms with Gasteiger partial charge in [0, 0.05) is 36.6 Å². The Morgan fingerprint density at radius 3 is 2.69 bits per heavy atom. The SMILES string of the molecule is O=C(NCc1ccccn1)[C@H]1CCCN(c2nccnc2Sc2ccccc2)C1. The maximum absolute atomic E-state index is 12.7. The summed E-state index contributed by atoms with van der Waals surface area (Å²) in [7, 11) is 0. The Balaban J connectivity index is 1.42. The third-order valence-corrected chi connectivity index (χ3v) is 5.86. The van der Waals surface area contributed by atoms with Crippen LogP contribution >= 0.6 is 11.8 Å². The first kappa shape index (κ1) is 19.4. The molecule has 1 fully saturated rings. The fourth-order valence-electron chi connectivity index (χ4n) is 3.42. The van der Waals surface area contributed by atoms with Crippen molar-refractivity contribution in [2.24, 2.45) is 5.92 Å². The number of hydrogen-bond acceptors (Lipinski definition) is 6. The molecule has 1 aromatic carbocycles. The van der Waals surface area contributed by atoms with Crippen molar-refractivity contribution in [2.75, 3.05) is 18.0 Å². The molecular formula is C22H23N5OS. The number of anilines is 1. The molecule has 0 radical (unpaired) electrons. The maximum atomic E-state index is 12.7. The minimum atomic E-state index is -0.0657. The van der Waals surface area contributed by atoms with Gasteiger partial charge < -0.3 is 10.2 Å². The highest BCUT2D eigenvalue weighted by Crippen LogP contribution is 2.33. The summed E-state index contributed by atoms with van der Waals surface area (Å²) in [5.74, 6) is 0.856. The Kier molecular flexibility index (Phi) is 6.36. The fourth-order valence-corrected chi connectivity index (χ4v) is 4.32. The van der Waals surface area contributed by atoms with Crippen molar-refractivity contribution in [1.82, 2.24) is 20.3 Å². The number of rotatable bonds is 6. The van der Waals surface area contributed by atoms with Gasteiger partial charge in [0.1, 0.15) is 5.03 Å². The number of nitrogens with zero attached hydrogens (tertiary/aromatic N) is 4. The summed E-state index contributed by atoms with van der Waals surface area (Å²) in [6, 6.07) is 15.9. The van der Waals surface area contributed by atoms with Gasteiger partial charge in [-0.15, -0.1) is 0 Å². The molecule has 0 unspecified atom stereocenters. The fraction of sp³-hybridized carbons (Fsp3) is 0.273. The third-order valence-electron chi connectivity index (χ3n) is 4.87. The second-order valence-corrected chi connectivity index (χ2v) is 7.99. The Labute approximate surface area is 174 Å². The molecule has 1 amide bonds. The molecule has 1 saturated heterocycles. The van der Waals surface area contributed by atoms with Crippen LogP contribution in [0.3, 0.4) is 0 Å². The molecule has 3 heterocycles. The van der Waals surface area contributed by atoms with Crippen molar-refractivity contribution in [3.8, 4) is 0 Å². The zero-order chi connectivity index (χ0) is 19.9. The van der Waals surface area contributed by atoms with E-state index in [2.05, 4.69) is 37.3 Å². The lowest BCUT2D eigenvalue weighted by Crippen LogP contribution is -2.43. The number of carbonyl (C=O) groups excluding carboxylic acids is 1. The first-order chi connectivity index (χ1) is 14.3. The van der Waals surface area contributed by atoms with E-state index in [1.807, 2.05) is 36.4 Å². The van der Waals surface area contributed by atoms with Crippen LogP contribution in [0.25, 0.3) is 0 Å². The molecule has 0 spiro atoms. The number of aromatic nitrogens is 3. The second kappa shape index (κ2) is 9.52. The minimum absolute atomic E-state index is 0.0657. The average Bonchev–Trinajstić information content (AvgIpc) is 2.79. The van der Waals surface area contributed by atoms with Gasteiger partial charge in [-0.05, 0) is 37.1 Å². The molecule has 1 N–H and O–H groups in total. The topological polar surface area (TPSA) is 71.0 Å². The van der Waals surface area contributed by atoms with Crippen LogP contribution in [-0.2, 0) is 11.3 Å². The Bertz CT molecular complexity index is 938. The first-order valence-corrected chi connectivity index (χ1v) is 10.6. The van der Waals surface area contributed by atoms with E-state index in [4.69, 9.17) is 0 Å². The third kappa shape index (κ3) is 5.12. The zero-order valence-corrected chi connectivity index (χ0v) is 16.9. The van der Waals surface area contributed by atoms with Crippen LogP contribution in [0.2, 0.25) is 0 Å². The normalized spacial score (nSPS) is 16.4. The molecule has 6 nitrogen and oxygen atoms in total. The van der Waals surface area contributed by atoms with Crippen molar-refractivity contribution in [3.63, 3.8) is 0 Å². The van der Waals surface area contributed by atoms with E-state index in [1.54, 1.807) is 30.4 Å². The Morgan fingerprint density at radius 2 is 1.86 bits per heavy atom. The molecule has 0 bridgehead atoms. The highest BCUT2D eigenvalue weighted by atomic mass is 32.2. The molecule has 148 valence electrons. The molecule has 4 rings (SSSR count). The monoisotopic (exact) mass is 405 g/mol. The highest BCUT2D eigenvalue weighted by Gasteiger charge is 2.28. The van der Waals surface area contributed by atoms with E-state index < -0.39 is 0 Å². The van der Waals surface area contributed by atoms with E-state index in [9.17, 15) is 4.79 Å². The number of hydrogen-bond donors (Lipinski definition) is 1. The van der Waals surface area contributed by atoms with E-state index >= 15 is 0 Å². The molecular weight excluding hydrogens is 382 g/mol. The van der Waals surface area contributed by atoms with Crippen LogP contribution in [0.5, 0.6) is 0 Å². The molecule has 1 aliphatic heterocycles. The Hall–Kier alpha value is -2.93. The maximum Gasteiger partial charge on any atom is 0.225 e. The summed E-state index contributed by atoms with van der Waals surface area (Å²) >= 11 is 1.60. The van der Waals surface area contributed by atoms with Crippen LogP contribution < -0.4 is 10.2 Å². The molecule has 1 aliphatic rings. The van der Waals surface area contributed by atoms with Crippen molar-refractivity contribution in [3.05, 3.63) is 72.8 Å². The van der Waals surface area contributed by atoms with Crippen LogP contribution in [0.15, 0.2) is 77.0 Å². The van der Waals surface area contributed by atoms with Gasteiger partial charge in [0.25, 0.3) is 0 Å². The molecule has 0 saturated carbocycles. The lowest BCUT2D eigenvalue weighted by molar-refractivity contribution is -0.125. The summed E-state index contributed by atoms with van der Waals surface area (Å²) in [5, 5.41) is 3.89. The summed E-state index contributed by atoms with van der Waals surface area (Å²) in [4.78, 5) is 29.4. The van der Waals surface area contributed by atoms with Gasteiger partial charge in [-0.3, -0.25) is 9.78 Å².